The molecule has 0 radical (unpaired) electrons. The lowest BCUT2D eigenvalue weighted by atomic mass is 10.2. The van der Waals surface area contributed by atoms with E-state index in [1.807, 2.05) is 28.8 Å². The van der Waals surface area contributed by atoms with Crippen LogP contribution >= 0.6 is 11.6 Å². The highest BCUT2D eigenvalue weighted by molar-refractivity contribution is 6.16. The van der Waals surface area contributed by atoms with Crippen LogP contribution in [0, 0.1) is 6.92 Å². The average Bonchev–Trinajstić information content (AvgIpc) is 2.67. The first-order valence-electron chi connectivity index (χ1n) is 4.33. The van der Waals surface area contributed by atoms with Crippen molar-refractivity contribution >= 4 is 11.6 Å². The average molecular weight is 208 g/mol. The number of nitrogens with zero attached hydrogens (tertiary/aromatic N) is 3. The summed E-state index contributed by atoms with van der Waals surface area (Å²) in [6.07, 6.45) is 1.67. The second-order valence-electron chi connectivity index (χ2n) is 3.09. The summed E-state index contributed by atoms with van der Waals surface area (Å²) >= 11 is 5.73. The Labute approximate surface area is 87.3 Å². The number of halogens is 1. The van der Waals surface area contributed by atoms with Gasteiger partial charge in [-0.15, -0.1) is 21.8 Å². The molecule has 0 saturated carbocycles. The van der Waals surface area contributed by atoms with Crippen LogP contribution in [0.1, 0.15) is 11.4 Å². The monoisotopic (exact) mass is 207 g/mol. The fourth-order valence-corrected chi connectivity index (χ4v) is 1.45. The number of alkyl halides is 1. The van der Waals surface area contributed by atoms with Crippen LogP contribution in [0.5, 0.6) is 0 Å². The quantitative estimate of drug-likeness (QED) is 0.708. The molecule has 1 aromatic carbocycles. The zero-order chi connectivity index (χ0) is 9.97. The van der Waals surface area contributed by atoms with Crippen molar-refractivity contribution in [3.05, 3.63) is 42.0 Å². The minimum Gasteiger partial charge on any atom is -0.285 e. The predicted octanol–water partition coefficient (Wildman–Crippen LogP) is 2.31. The largest absolute Gasteiger partial charge is 0.285 e. The number of aryl methyl sites for hydroxylation is 1. The summed E-state index contributed by atoms with van der Waals surface area (Å²) < 4.78 is 1.88. The van der Waals surface area contributed by atoms with E-state index < -0.39 is 0 Å². The lowest BCUT2D eigenvalue weighted by Crippen LogP contribution is -1.97. The van der Waals surface area contributed by atoms with Gasteiger partial charge in [-0.3, -0.25) is 4.57 Å². The van der Waals surface area contributed by atoms with E-state index in [-0.39, 0.29) is 0 Å². The van der Waals surface area contributed by atoms with Gasteiger partial charge in [-0.2, -0.15) is 0 Å². The van der Waals surface area contributed by atoms with Crippen LogP contribution in [0.4, 0.5) is 0 Å². The molecule has 0 bridgehead atoms. The normalized spacial score (nSPS) is 10.4. The first-order chi connectivity index (χ1) is 6.81. The molecular weight excluding hydrogens is 198 g/mol. The van der Waals surface area contributed by atoms with E-state index in [9.17, 15) is 0 Å². The summed E-state index contributed by atoms with van der Waals surface area (Å²) in [6.45, 7) is 2.05. The van der Waals surface area contributed by atoms with E-state index >= 15 is 0 Å². The molecule has 0 amide bonds. The van der Waals surface area contributed by atoms with Gasteiger partial charge in [0, 0.05) is 5.69 Å². The van der Waals surface area contributed by atoms with E-state index in [1.54, 1.807) is 6.33 Å². The van der Waals surface area contributed by atoms with Gasteiger partial charge in [0.1, 0.15) is 6.33 Å². The Hall–Kier alpha value is -1.35. The highest BCUT2D eigenvalue weighted by atomic mass is 35.5. The molecule has 2 aromatic rings. The highest BCUT2D eigenvalue weighted by Crippen LogP contribution is 2.11. The summed E-state index contributed by atoms with van der Waals surface area (Å²) in [6, 6.07) is 8.14. The Morgan fingerprint density at radius 3 is 2.64 bits per heavy atom. The maximum absolute atomic E-state index is 5.73. The standard InChI is InChI=1S/C10H10ClN3/c1-8-2-4-9(5-3-8)14-7-12-13-10(14)6-11/h2-5,7H,6H2,1H3. The smallest absolute Gasteiger partial charge is 0.152 e. The van der Waals surface area contributed by atoms with Gasteiger partial charge in [-0.05, 0) is 19.1 Å². The Morgan fingerprint density at radius 2 is 2.00 bits per heavy atom. The molecule has 0 spiro atoms. The first-order valence-corrected chi connectivity index (χ1v) is 4.86. The van der Waals surface area contributed by atoms with Crippen molar-refractivity contribution in [2.24, 2.45) is 0 Å². The highest BCUT2D eigenvalue weighted by Gasteiger charge is 2.03. The van der Waals surface area contributed by atoms with Gasteiger partial charge in [-0.1, -0.05) is 17.7 Å². The third-order valence-corrected chi connectivity index (χ3v) is 2.29. The molecule has 0 fully saturated rings. The third kappa shape index (κ3) is 1.63. The van der Waals surface area contributed by atoms with E-state index in [1.165, 1.54) is 5.56 Å². The Morgan fingerprint density at radius 1 is 1.29 bits per heavy atom. The van der Waals surface area contributed by atoms with Crippen molar-refractivity contribution in [3.63, 3.8) is 0 Å². The van der Waals surface area contributed by atoms with Crippen molar-refractivity contribution < 1.29 is 0 Å². The Bertz CT molecular complexity index is 419. The summed E-state index contributed by atoms with van der Waals surface area (Å²) in [5.74, 6) is 1.13. The molecule has 2 rings (SSSR count). The maximum Gasteiger partial charge on any atom is 0.152 e. The van der Waals surface area contributed by atoms with Gasteiger partial charge in [0.05, 0.1) is 5.88 Å². The molecular formula is C10H10ClN3. The Balaban J connectivity index is 2.44. The molecule has 1 aromatic heterocycles. The molecule has 3 nitrogen and oxygen atoms in total. The molecule has 0 aliphatic rings. The maximum atomic E-state index is 5.73. The fraction of sp³-hybridized carbons (Fsp3) is 0.200. The van der Waals surface area contributed by atoms with Crippen LogP contribution < -0.4 is 0 Å². The molecule has 72 valence electrons. The van der Waals surface area contributed by atoms with Crippen molar-refractivity contribution in [2.75, 3.05) is 0 Å². The zero-order valence-electron chi connectivity index (χ0n) is 7.81. The molecule has 0 atom stereocenters. The molecule has 0 aliphatic carbocycles. The second-order valence-corrected chi connectivity index (χ2v) is 3.35. The third-order valence-electron chi connectivity index (χ3n) is 2.05. The lowest BCUT2D eigenvalue weighted by Gasteiger charge is -2.04. The minimum absolute atomic E-state index is 0.369. The molecule has 0 saturated heterocycles. The summed E-state index contributed by atoms with van der Waals surface area (Å²) in [5.41, 5.74) is 2.27. The summed E-state index contributed by atoms with van der Waals surface area (Å²) in [7, 11) is 0. The SMILES string of the molecule is Cc1ccc(-n2cnnc2CCl)cc1. The van der Waals surface area contributed by atoms with Crippen LogP contribution in [0.2, 0.25) is 0 Å². The lowest BCUT2D eigenvalue weighted by molar-refractivity contribution is 0.950. The van der Waals surface area contributed by atoms with E-state index in [0.717, 1.165) is 11.5 Å². The number of rotatable bonds is 2. The molecule has 4 heteroatoms. The van der Waals surface area contributed by atoms with E-state index in [4.69, 9.17) is 11.6 Å². The van der Waals surface area contributed by atoms with Crippen molar-refractivity contribution in [3.8, 4) is 5.69 Å². The number of aromatic nitrogens is 3. The zero-order valence-corrected chi connectivity index (χ0v) is 8.57. The number of hydrogen-bond acceptors (Lipinski definition) is 2. The van der Waals surface area contributed by atoms with E-state index in [0.29, 0.717) is 5.88 Å². The van der Waals surface area contributed by atoms with Gasteiger partial charge in [0.15, 0.2) is 5.82 Å². The van der Waals surface area contributed by atoms with Crippen molar-refractivity contribution in [2.45, 2.75) is 12.8 Å². The van der Waals surface area contributed by atoms with Crippen LogP contribution in [0.25, 0.3) is 5.69 Å². The fourth-order valence-electron chi connectivity index (χ4n) is 1.27. The summed E-state index contributed by atoms with van der Waals surface area (Å²) in [5, 5.41) is 7.73. The molecule has 0 aliphatic heterocycles. The molecule has 14 heavy (non-hydrogen) atoms. The van der Waals surface area contributed by atoms with Gasteiger partial charge in [0.2, 0.25) is 0 Å². The van der Waals surface area contributed by atoms with Crippen LogP contribution in [0.3, 0.4) is 0 Å². The first kappa shape index (κ1) is 9.21. The van der Waals surface area contributed by atoms with E-state index in [2.05, 4.69) is 17.1 Å². The molecule has 0 unspecified atom stereocenters. The molecule has 0 N–H and O–H groups in total. The second kappa shape index (κ2) is 3.80. The number of benzene rings is 1. The van der Waals surface area contributed by atoms with Crippen molar-refractivity contribution in [1.29, 1.82) is 0 Å². The number of hydrogen-bond donors (Lipinski definition) is 0. The van der Waals surface area contributed by atoms with Gasteiger partial charge >= 0.3 is 0 Å². The van der Waals surface area contributed by atoms with Crippen molar-refractivity contribution in [1.82, 2.24) is 14.8 Å². The summed E-state index contributed by atoms with van der Waals surface area (Å²) in [4.78, 5) is 0. The molecule has 1 heterocycles. The van der Waals surface area contributed by atoms with Gasteiger partial charge in [0.25, 0.3) is 0 Å². The van der Waals surface area contributed by atoms with Crippen LogP contribution in [-0.2, 0) is 5.88 Å². The minimum atomic E-state index is 0.369. The van der Waals surface area contributed by atoms with Crippen LogP contribution in [-0.4, -0.2) is 14.8 Å². The topological polar surface area (TPSA) is 30.7 Å². The van der Waals surface area contributed by atoms with Gasteiger partial charge < -0.3 is 0 Å². The Kier molecular flexibility index (Phi) is 2.50. The predicted molar refractivity (Wildman–Crippen MR) is 55.7 cm³/mol. The van der Waals surface area contributed by atoms with Crippen LogP contribution in [0.15, 0.2) is 30.6 Å². The van der Waals surface area contributed by atoms with Gasteiger partial charge in [-0.25, -0.2) is 0 Å².